The fourth-order valence-corrected chi connectivity index (χ4v) is 12.0. The second-order valence-corrected chi connectivity index (χ2v) is 15.3. The van der Waals surface area contributed by atoms with Crippen molar-refractivity contribution in [2.45, 2.75) is 97.1 Å². The molecule has 5 saturated carbocycles. The molecule has 214 valence electrons. The van der Waals surface area contributed by atoms with E-state index in [4.69, 9.17) is 0 Å². The molecule has 0 aliphatic heterocycles. The van der Waals surface area contributed by atoms with Gasteiger partial charge >= 0.3 is 5.97 Å². The van der Waals surface area contributed by atoms with E-state index in [1.54, 1.807) is 0 Å². The van der Waals surface area contributed by atoms with Crippen LogP contribution in [0.4, 0.5) is 0 Å². The van der Waals surface area contributed by atoms with Crippen LogP contribution in [-0.4, -0.2) is 79.3 Å². The van der Waals surface area contributed by atoms with E-state index in [1.807, 2.05) is 20.8 Å². The van der Waals surface area contributed by atoms with Crippen LogP contribution >= 0.6 is 0 Å². The lowest BCUT2D eigenvalue weighted by Gasteiger charge is -2.69. The predicted octanol–water partition coefficient (Wildman–Crippen LogP) is 1.70. The van der Waals surface area contributed by atoms with E-state index in [2.05, 4.69) is 19.1 Å². The summed E-state index contributed by atoms with van der Waals surface area (Å²) in [6, 6.07) is 0. The second kappa shape index (κ2) is 7.62. The van der Waals surface area contributed by atoms with Crippen molar-refractivity contribution in [3.05, 3.63) is 12.2 Å². The van der Waals surface area contributed by atoms with E-state index in [-0.39, 0.29) is 48.2 Å². The molecule has 6 rings (SSSR count). The minimum Gasteiger partial charge on any atom is -0.481 e. The maximum absolute atomic E-state index is 12.9. The molecule has 6 aliphatic carbocycles. The Morgan fingerprint density at radius 1 is 0.895 bits per heavy atom. The number of aliphatic hydroxyl groups is 6. The number of hydrogen-bond acceptors (Lipinski definition) is 7. The van der Waals surface area contributed by atoms with Gasteiger partial charge in [0.25, 0.3) is 0 Å². The first-order valence-corrected chi connectivity index (χ1v) is 14.5. The van der Waals surface area contributed by atoms with Crippen LogP contribution in [0.3, 0.4) is 0 Å². The number of carboxylic acids is 1. The van der Waals surface area contributed by atoms with Crippen LogP contribution in [0.5, 0.6) is 0 Å². The SMILES string of the molecule is CC1(CO)CC(O)[C@@]2(C(=O)O)CCC34CC3(C=CC3[C@@]5(C)C(CC[C@@]34C)C(C)(CO)[C@H](O)[C@@H](O)[C@H]5O)C2C1. The van der Waals surface area contributed by atoms with E-state index in [1.165, 1.54) is 0 Å². The smallest absolute Gasteiger partial charge is 0.312 e. The second-order valence-electron chi connectivity index (χ2n) is 15.3. The van der Waals surface area contributed by atoms with Gasteiger partial charge in [0, 0.05) is 17.4 Å². The molecule has 38 heavy (non-hydrogen) atoms. The van der Waals surface area contributed by atoms with Crippen molar-refractivity contribution < 1.29 is 40.5 Å². The van der Waals surface area contributed by atoms with Gasteiger partial charge in [-0.3, -0.25) is 4.79 Å². The predicted molar refractivity (Wildman–Crippen MR) is 137 cm³/mol. The van der Waals surface area contributed by atoms with Crippen LogP contribution in [0.25, 0.3) is 0 Å². The van der Waals surface area contributed by atoms with E-state index in [0.29, 0.717) is 25.7 Å². The Bertz CT molecular complexity index is 1080. The molecule has 0 heterocycles. The van der Waals surface area contributed by atoms with Gasteiger partial charge in [-0.2, -0.15) is 0 Å². The van der Waals surface area contributed by atoms with Gasteiger partial charge in [0.2, 0.25) is 0 Å². The molecule has 0 aromatic heterocycles. The minimum absolute atomic E-state index is 0.102. The highest BCUT2D eigenvalue weighted by Gasteiger charge is 2.86. The zero-order valence-corrected chi connectivity index (χ0v) is 23.1. The zero-order chi connectivity index (χ0) is 27.9. The Hall–Kier alpha value is -1.03. The third-order valence-electron chi connectivity index (χ3n) is 14.2. The highest BCUT2D eigenvalue weighted by Crippen LogP contribution is 2.90. The summed E-state index contributed by atoms with van der Waals surface area (Å²) >= 11 is 0. The number of aliphatic hydroxyl groups excluding tert-OH is 6. The Morgan fingerprint density at radius 3 is 2.18 bits per heavy atom. The molecule has 0 spiro atoms. The summed E-state index contributed by atoms with van der Waals surface area (Å²) in [5.74, 6) is -1.61. The lowest BCUT2D eigenvalue weighted by molar-refractivity contribution is -0.280. The molecule has 8 unspecified atom stereocenters. The van der Waals surface area contributed by atoms with Gasteiger partial charge in [-0.05, 0) is 84.4 Å². The van der Waals surface area contributed by atoms with Gasteiger partial charge in [-0.15, -0.1) is 0 Å². The van der Waals surface area contributed by atoms with Gasteiger partial charge in [0.15, 0.2) is 0 Å². The molecule has 8 heteroatoms. The van der Waals surface area contributed by atoms with Crippen LogP contribution < -0.4 is 0 Å². The first kappa shape index (κ1) is 27.2. The Balaban J connectivity index is 1.49. The Kier molecular flexibility index (Phi) is 5.45. The molecule has 0 aromatic carbocycles. The van der Waals surface area contributed by atoms with E-state index in [9.17, 15) is 40.5 Å². The topological polar surface area (TPSA) is 159 Å². The van der Waals surface area contributed by atoms with Crippen molar-refractivity contribution in [1.82, 2.24) is 0 Å². The number of carbonyl (C=O) groups is 1. The summed E-state index contributed by atoms with van der Waals surface area (Å²) in [7, 11) is 0. The lowest BCUT2D eigenvalue weighted by atomic mass is 9.35. The molecule has 14 atom stereocenters. The molecule has 5 fully saturated rings. The number of rotatable bonds is 3. The van der Waals surface area contributed by atoms with Gasteiger partial charge in [0.05, 0.1) is 30.3 Å². The van der Waals surface area contributed by atoms with E-state index < -0.39 is 57.5 Å². The van der Waals surface area contributed by atoms with Crippen molar-refractivity contribution in [2.75, 3.05) is 13.2 Å². The maximum Gasteiger partial charge on any atom is 0.312 e. The molecular weight excluding hydrogens is 488 g/mol. The standard InChI is InChI=1S/C30H46O8/c1-24(14-31)11-18-28-8-6-17-26(3,29(28,13-28)9-10-30(18,23(37)38)19(33)12-24)7-5-16-25(2,15-32)21(35)20(34)22(36)27(16,17)4/h6,8,16-22,31-36H,5,7,9-15H2,1-4H3,(H,37,38)/t16?,17?,18?,19?,20-,21-,22-,24?,25?,26+,27-,28?,29?,30-/m1/s1. The molecular formula is C30H46O8. The molecule has 0 bridgehead atoms. The molecule has 8 nitrogen and oxygen atoms in total. The van der Waals surface area contributed by atoms with E-state index in [0.717, 1.165) is 12.8 Å². The van der Waals surface area contributed by atoms with Crippen molar-refractivity contribution in [3.8, 4) is 0 Å². The van der Waals surface area contributed by atoms with Crippen molar-refractivity contribution >= 4 is 5.97 Å². The number of fused-ring (bicyclic) bond motifs is 4. The Morgan fingerprint density at radius 2 is 1.58 bits per heavy atom. The molecule has 0 saturated heterocycles. The van der Waals surface area contributed by atoms with Gasteiger partial charge in [-0.1, -0.05) is 39.8 Å². The highest BCUT2D eigenvalue weighted by atomic mass is 16.4. The van der Waals surface area contributed by atoms with Crippen LogP contribution in [0.1, 0.15) is 72.6 Å². The first-order valence-electron chi connectivity index (χ1n) is 14.5. The minimum atomic E-state index is -1.38. The average molecular weight is 535 g/mol. The van der Waals surface area contributed by atoms with Gasteiger partial charge in [-0.25, -0.2) is 0 Å². The van der Waals surface area contributed by atoms with Gasteiger partial charge in [0.1, 0.15) is 6.10 Å². The van der Waals surface area contributed by atoms with Crippen LogP contribution in [-0.2, 0) is 4.79 Å². The fraction of sp³-hybridized carbons (Fsp3) is 0.900. The van der Waals surface area contributed by atoms with Crippen LogP contribution in [0, 0.1) is 55.7 Å². The largest absolute Gasteiger partial charge is 0.481 e. The molecule has 0 amide bonds. The zero-order valence-electron chi connectivity index (χ0n) is 23.1. The summed E-state index contributed by atoms with van der Waals surface area (Å²) in [5, 5.41) is 76.1. The normalized spacial score (nSPS) is 62.5. The van der Waals surface area contributed by atoms with Crippen LogP contribution in [0.2, 0.25) is 0 Å². The molecule has 7 N–H and O–H groups in total. The lowest BCUT2D eigenvalue weighted by Crippen LogP contribution is -2.72. The molecule has 0 aromatic rings. The van der Waals surface area contributed by atoms with Crippen molar-refractivity contribution in [1.29, 1.82) is 0 Å². The maximum atomic E-state index is 12.9. The van der Waals surface area contributed by atoms with Crippen LogP contribution in [0.15, 0.2) is 12.2 Å². The first-order chi connectivity index (χ1) is 17.6. The summed E-state index contributed by atoms with van der Waals surface area (Å²) < 4.78 is 0. The summed E-state index contributed by atoms with van der Waals surface area (Å²) in [5.41, 5.74) is -4.47. The Labute approximate surface area is 224 Å². The summed E-state index contributed by atoms with van der Waals surface area (Å²) in [6.07, 6.45) is 3.68. The van der Waals surface area contributed by atoms with Gasteiger partial charge < -0.3 is 35.7 Å². The number of allylic oxidation sites excluding steroid dienone is 2. The van der Waals surface area contributed by atoms with Crippen molar-refractivity contribution in [2.24, 2.45) is 55.7 Å². The van der Waals surface area contributed by atoms with Crippen molar-refractivity contribution in [3.63, 3.8) is 0 Å². The number of carboxylic acid groups (broad SMARTS) is 1. The fourth-order valence-electron chi connectivity index (χ4n) is 12.0. The van der Waals surface area contributed by atoms with E-state index >= 15 is 0 Å². The highest BCUT2D eigenvalue weighted by molar-refractivity contribution is 5.77. The molecule has 6 aliphatic rings. The number of aliphatic carboxylic acids is 1. The molecule has 0 radical (unpaired) electrons. The third kappa shape index (κ3) is 2.63. The quantitative estimate of drug-likeness (QED) is 0.270. The number of hydrogen-bond donors (Lipinski definition) is 7. The monoisotopic (exact) mass is 534 g/mol. The summed E-state index contributed by atoms with van der Waals surface area (Å²) in [4.78, 5) is 12.9. The summed E-state index contributed by atoms with van der Waals surface area (Å²) in [6.45, 7) is 7.63. The third-order valence-corrected chi connectivity index (χ3v) is 14.2. The average Bonchev–Trinajstić information content (AvgIpc) is 3.59.